The lowest BCUT2D eigenvalue weighted by Gasteiger charge is -2.18. The Balaban J connectivity index is 2.72. The maximum Gasteiger partial charge on any atom is 0.254 e. The van der Waals surface area contributed by atoms with E-state index in [1.165, 1.54) is 24.1 Å². The van der Waals surface area contributed by atoms with Gasteiger partial charge in [0.1, 0.15) is 0 Å². The molecule has 0 radical (unpaired) electrons. The van der Waals surface area contributed by atoms with Crippen molar-refractivity contribution in [1.82, 2.24) is 10.2 Å². The molecule has 1 rings (SSSR count). The topological polar surface area (TPSA) is 75.4 Å². The van der Waals surface area contributed by atoms with Crippen molar-refractivity contribution in [2.75, 3.05) is 25.9 Å². The highest BCUT2D eigenvalue weighted by Crippen LogP contribution is 2.29. The number of likely N-dealkylation sites (N-methyl/N-ethyl adjacent to an activating group) is 1. The number of halogens is 2. The third kappa shape index (κ3) is 5.10. The molecule has 0 bridgehead atoms. The SMILES string of the molecule is CC(C)CNC(=O)CN(C)C(=O)c1cc(N)c(Cl)c(Cl)c1. The Kier molecular flexibility index (Phi) is 6.30. The molecule has 0 spiro atoms. The van der Waals surface area contributed by atoms with Crippen LogP contribution in [0.2, 0.25) is 10.0 Å². The van der Waals surface area contributed by atoms with E-state index >= 15 is 0 Å². The Morgan fingerprint density at radius 3 is 2.48 bits per heavy atom. The van der Waals surface area contributed by atoms with Crippen molar-refractivity contribution in [3.05, 3.63) is 27.7 Å². The van der Waals surface area contributed by atoms with Gasteiger partial charge in [-0.3, -0.25) is 9.59 Å². The van der Waals surface area contributed by atoms with Crippen molar-refractivity contribution in [2.24, 2.45) is 5.92 Å². The molecule has 2 amide bonds. The van der Waals surface area contributed by atoms with Gasteiger partial charge in [-0.2, -0.15) is 0 Å². The number of nitrogen functional groups attached to an aromatic ring is 1. The largest absolute Gasteiger partial charge is 0.397 e. The summed E-state index contributed by atoms with van der Waals surface area (Å²) in [7, 11) is 1.54. The summed E-state index contributed by atoms with van der Waals surface area (Å²) in [5.41, 5.74) is 6.19. The van der Waals surface area contributed by atoms with Crippen LogP contribution in [0.15, 0.2) is 12.1 Å². The molecule has 0 saturated carbocycles. The maximum absolute atomic E-state index is 12.2. The fourth-order valence-electron chi connectivity index (χ4n) is 1.62. The van der Waals surface area contributed by atoms with Gasteiger partial charge in [0.25, 0.3) is 5.91 Å². The molecule has 116 valence electrons. The number of anilines is 1. The van der Waals surface area contributed by atoms with Gasteiger partial charge in [-0.25, -0.2) is 0 Å². The van der Waals surface area contributed by atoms with Crippen molar-refractivity contribution in [2.45, 2.75) is 13.8 Å². The molecule has 7 heteroatoms. The molecule has 0 aliphatic carbocycles. The Morgan fingerprint density at radius 1 is 1.33 bits per heavy atom. The van der Waals surface area contributed by atoms with Crippen LogP contribution >= 0.6 is 23.2 Å². The number of hydrogen-bond donors (Lipinski definition) is 2. The summed E-state index contributed by atoms with van der Waals surface area (Å²) in [5.74, 6) is -0.211. The second-order valence-electron chi connectivity index (χ2n) is 5.22. The highest BCUT2D eigenvalue weighted by atomic mass is 35.5. The summed E-state index contributed by atoms with van der Waals surface area (Å²) in [6.45, 7) is 4.52. The van der Waals surface area contributed by atoms with E-state index in [9.17, 15) is 9.59 Å². The molecule has 1 aromatic rings. The lowest BCUT2D eigenvalue weighted by Crippen LogP contribution is -2.39. The zero-order valence-electron chi connectivity index (χ0n) is 12.2. The smallest absolute Gasteiger partial charge is 0.254 e. The van der Waals surface area contributed by atoms with E-state index < -0.39 is 0 Å². The number of benzene rings is 1. The van der Waals surface area contributed by atoms with Gasteiger partial charge in [0.05, 0.1) is 22.3 Å². The van der Waals surface area contributed by atoms with Crippen LogP contribution < -0.4 is 11.1 Å². The second-order valence-corrected chi connectivity index (χ2v) is 6.01. The number of nitrogens with one attached hydrogen (secondary N) is 1. The lowest BCUT2D eigenvalue weighted by atomic mass is 10.1. The minimum Gasteiger partial charge on any atom is -0.397 e. The molecule has 0 saturated heterocycles. The van der Waals surface area contributed by atoms with E-state index in [-0.39, 0.29) is 34.1 Å². The van der Waals surface area contributed by atoms with Crippen molar-refractivity contribution in [3.8, 4) is 0 Å². The lowest BCUT2D eigenvalue weighted by molar-refractivity contribution is -0.121. The van der Waals surface area contributed by atoms with E-state index in [1.807, 2.05) is 13.8 Å². The van der Waals surface area contributed by atoms with Crippen molar-refractivity contribution in [1.29, 1.82) is 0 Å². The Hall–Kier alpha value is -1.46. The molecule has 0 aliphatic heterocycles. The fraction of sp³-hybridized carbons (Fsp3) is 0.429. The highest BCUT2D eigenvalue weighted by Gasteiger charge is 2.17. The minimum absolute atomic E-state index is 0.0360. The molecule has 0 heterocycles. The van der Waals surface area contributed by atoms with E-state index in [0.717, 1.165) is 0 Å². The van der Waals surface area contributed by atoms with Crippen molar-refractivity contribution in [3.63, 3.8) is 0 Å². The van der Waals surface area contributed by atoms with Gasteiger partial charge in [0, 0.05) is 19.2 Å². The van der Waals surface area contributed by atoms with Crippen LogP contribution in [0, 0.1) is 5.92 Å². The number of carbonyl (C=O) groups is 2. The third-order valence-electron chi connectivity index (χ3n) is 2.74. The summed E-state index contributed by atoms with van der Waals surface area (Å²) >= 11 is 11.7. The van der Waals surface area contributed by atoms with Crippen LogP contribution in [0.4, 0.5) is 5.69 Å². The summed E-state index contributed by atoms with van der Waals surface area (Å²) in [4.78, 5) is 25.2. The quantitative estimate of drug-likeness (QED) is 0.813. The average Bonchev–Trinajstić information content (AvgIpc) is 2.41. The van der Waals surface area contributed by atoms with Crippen LogP contribution in [0.5, 0.6) is 0 Å². The van der Waals surface area contributed by atoms with Crippen LogP contribution in [0.3, 0.4) is 0 Å². The zero-order chi connectivity index (χ0) is 16.2. The monoisotopic (exact) mass is 331 g/mol. The van der Waals surface area contributed by atoms with Gasteiger partial charge in [-0.1, -0.05) is 37.0 Å². The van der Waals surface area contributed by atoms with Crippen LogP contribution in [-0.4, -0.2) is 36.9 Å². The van der Waals surface area contributed by atoms with Crippen molar-refractivity contribution < 1.29 is 9.59 Å². The fourth-order valence-corrected chi connectivity index (χ4v) is 1.95. The van der Waals surface area contributed by atoms with E-state index in [1.54, 1.807) is 0 Å². The molecule has 3 N–H and O–H groups in total. The van der Waals surface area contributed by atoms with Gasteiger partial charge in [0.2, 0.25) is 5.91 Å². The molecule has 0 aliphatic rings. The van der Waals surface area contributed by atoms with Gasteiger partial charge in [-0.05, 0) is 18.1 Å². The molecule has 21 heavy (non-hydrogen) atoms. The van der Waals surface area contributed by atoms with Crippen molar-refractivity contribution >= 4 is 40.7 Å². The third-order valence-corrected chi connectivity index (χ3v) is 3.55. The van der Waals surface area contributed by atoms with Gasteiger partial charge >= 0.3 is 0 Å². The van der Waals surface area contributed by atoms with Gasteiger partial charge < -0.3 is 16.0 Å². The Labute approximate surface area is 134 Å². The molecule has 0 fully saturated rings. The first kappa shape index (κ1) is 17.6. The standard InChI is InChI=1S/C14H19Cl2N3O2/c1-8(2)6-18-12(20)7-19(3)14(21)9-4-10(15)13(16)11(17)5-9/h4-5,8H,6-7,17H2,1-3H3,(H,18,20). The molecule has 0 unspecified atom stereocenters. The maximum atomic E-state index is 12.2. The molecule has 1 aromatic carbocycles. The number of rotatable bonds is 5. The van der Waals surface area contributed by atoms with Crippen LogP contribution in [0.1, 0.15) is 24.2 Å². The first-order chi connectivity index (χ1) is 9.72. The summed E-state index contributed by atoms with van der Waals surface area (Å²) < 4.78 is 0. The molecular weight excluding hydrogens is 313 g/mol. The van der Waals surface area contributed by atoms with Gasteiger partial charge in [-0.15, -0.1) is 0 Å². The Morgan fingerprint density at radius 2 is 1.95 bits per heavy atom. The summed E-state index contributed by atoms with van der Waals surface area (Å²) in [6.07, 6.45) is 0. The molecule has 0 atom stereocenters. The normalized spacial score (nSPS) is 10.6. The first-order valence-electron chi connectivity index (χ1n) is 6.49. The van der Waals surface area contributed by atoms with Gasteiger partial charge in [0.15, 0.2) is 0 Å². The number of amides is 2. The highest BCUT2D eigenvalue weighted by molar-refractivity contribution is 6.43. The summed E-state index contributed by atoms with van der Waals surface area (Å²) in [6, 6.07) is 2.88. The minimum atomic E-state index is -0.347. The number of hydrogen-bond acceptors (Lipinski definition) is 3. The number of nitrogens with two attached hydrogens (primary N) is 1. The van der Waals surface area contributed by atoms with Crippen LogP contribution in [0.25, 0.3) is 0 Å². The Bertz CT molecular complexity index is 524. The number of nitrogens with zero attached hydrogens (tertiary/aromatic N) is 1. The van der Waals surface area contributed by atoms with E-state index in [2.05, 4.69) is 5.32 Å². The second kappa shape index (κ2) is 7.52. The predicted molar refractivity (Wildman–Crippen MR) is 85.7 cm³/mol. The molecule has 0 aromatic heterocycles. The van der Waals surface area contributed by atoms with E-state index in [4.69, 9.17) is 28.9 Å². The van der Waals surface area contributed by atoms with E-state index in [0.29, 0.717) is 18.0 Å². The first-order valence-corrected chi connectivity index (χ1v) is 7.24. The number of carbonyl (C=O) groups excluding carboxylic acids is 2. The predicted octanol–water partition coefficient (Wildman–Crippen LogP) is 2.42. The zero-order valence-corrected chi connectivity index (χ0v) is 13.8. The summed E-state index contributed by atoms with van der Waals surface area (Å²) in [5, 5.41) is 3.17. The molecule has 5 nitrogen and oxygen atoms in total. The average molecular weight is 332 g/mol. The molecular formula is C14H19Cl2N3O2. The van der Waals surface area contributed by atoms with Crippen LogP contribution in [-0.2, 0) is 4.79 Å².